The molecule has 2 aromatic carbocycles. The van der Waals surface area contributed by atoms with E-state index in [2.05, 4.69) is 26.8 Å². The molecule has 0 radical (unpaired) electrons. The number of sulfonamides is 1. The molecule has 10 nitrogen and oxygen atoms in total. The van der Waals surface area contributed by atoms with Crippen LogP contribution >= 0.6 is 0 Å². The third-order valence-electron chi connectivity index (χ3n) is 6.42. The van der Waals surface area contributed by atoms with E-state index in [1.807, 2.05) is 32.9 Å². The van der Waals surface area contributed by atoms with Crippen LogP contribution in [-0.4, -0.2) is 41.0 Å². The highest BCUT2D eigenvalue weighted by atomic mass is 32.2. The Morgan fingerprint density at radius 2 is 1.37 bits per heavy atom. The molecule has 0 saturated carbocycles. The average Bonchev–Trinajstić information content (AvgIpc) is 2.95. The first-order chi connectivity index (χ1) is 20.4. The number of esters is 1. The minimum Gasteiger partial charge on any atom is -0.489 e. The van der Waals surface area contributed by atoms with Gasteiger partial charge < -0.3 is 14.6 Å². The molecule has 0 unspecified atom stereocenters. The fourth-order valence-corrected chi connectivity index (χ4v) is 5.29. The zero-order valence-electron chi connectivity index (χ0n) is 25.0. The van der Waals surface area contributed by atoms with Crippen molar-refractivity contribution in [2.75, 3.05) is 4.72 Å². The van der Waals surface area contributed by atoms with E-state index in [4.69, 9.17) is 14.6 Å². The molecule has 3 aromatic rings. The minimum atomic E-state index is -3.89. The standard InChI is InChI=1S/C32H41N3O7S/c1-32(2,3)42-29(36)12-10-8-6-4-5-7-9-11-24-13-17-27(18-14-24)41-23-25-15-19-28(20-16-25)43(39,40)35-26-21-33-30(31(37)38)34-22-26/h13-22,35H,4-12,23H2,1-3H3,(H,37,38). The number of aromatic nitrogens is 2. The molecule has 232 valence electrons. The molecule has 0 aliphatic heterocycles. The fourth-order valence-electron chi connectivity index (χ4n) is 4.26. The summed E-state index contributed by atoms with van der Waals surface area (Å²) in [5.41, 5.74) is 1.72. The van der Waals surface area contributed by atoms with Crippen molar-refractivity contribution in [3.63, 3.8) is 0 Å². The summed E-state index contributed by atoms with van der Waals surface area (Å²) in [7, 11) is -3.89. The predicted octanol–water partition coefficient (Wildman–Crippen LogP) is 6.56. The highest BCUT2D eigenvalue weighted by molar-refractivity contribution is 7.92. The van der Waals surface area contributed by atoms with E-state index in [9.17, 15) is 18.0 Å². The van der Waals surface area contributed by atoms with Crippen molar-refractivity contribution in [3.05, 3.63) is 77.9 Å². The van der Waals surface area contributed by atoms with Crippen molar-refractivity contribution in [3.8, 4) is 5.75 Å². The number of hydrogen-bond acceptors (Lipinski definition) is 8. The fraction of sp³-hybridized carbons (Fsp3) is 0.438. The van der Waals surface area contributed by atoms with Crippen molar-refractivity contribution < 1.29 is 32.6 Å². The van der Waals surface area contributed by atoms with Gasteiger partial charge in [0.2, 0.25) is 5.82 Å². The Balaban J connectivity index is 1.31. The van der Waals surface area contributed by atoms with Gasteiger partial charge in [0.1, 0.15) is 18.0 Å². The number of anilines is 1. The molecule has 0 aliphatic rings. The van der Waals surface area contributed by atoms with Crippen LogP contribution < -0.4 is 9.46 Å². The maximum absolute atomic E-state index is 12.6. The van der Waals surface area contributed by atoms with Crippen LogP contribution in [0.15, 0.2) is 65.8 Å². The first kappa shape index (κ1) is 33.5. The zero-order chi connectivity index (χ0) is 31.3. The second-order valence-electron chi connectivity index (χ2n) is 11.3. The lowest BCUT2D eigenvalue weighted by atomic mass is 10.0. The Hall–Kier alpha value is -3.99. The van der Waals surface area contributed by atoms with Crippen molar-refractivity contribution in [2.24, 2.45) is 0 Å². The van der Waals surface area contributed by atoms with Gasteiger partial charge >= 0.3 is 11.9 Å². The summed E-state index contributed by atoms with van der Waals surface area (Å²) >= 11 is 0. The lowest BCUT2D eigenvalue weighted by Crippen LogP contribution is -2.23. The number of carboxylic acids is 1. The molecule has 0 spiro atoms. The summed E-state index contributed by atoms with van der Waals surface area (Å²) in [5, 5.41) is 8.86. The smallest absolute Gasteiger partial charge is 0.373 e. The van der Waals surface area contributed by atoms with Gasteiger partial charge in [0.25, 0.3) is 10.0 Å². The summed E-state index contributed by atoms with van der Waals surface area (Å²) in [6.45, 7) is 5.96. The lowest BCUT2D eigenvalue weighted by Gasteiger charge is -2.19. The van der Waals surface area contributed by atoms with E-state index < -0.39 is 27.4 Å². The van der Waals surface area contributed by atoms with Gasteiger partial charge in [-0.25, -0.2) is 23.2 Å². The van der Waals surface area contributed by atoms with Crippen molar-refractivity contribution in [1.29, 1.82) is 0 Å². The summed E-state index contributed by atoms with van der Waals surface area (Å²) in [6.07, 6.45) is 11.5. The van der Waals surface area contributed by atoms with Gasteiger partial charge in [0.15, 0.2) is 0 Å². The first-order valence-electron chi connectivity index (χ1n) is 14.5. The predicted molar refractivity (Wildman–Crippen MR) is 164 cm³/mol. The second-order valence-corrected chi connectivity index (χ2v) is 13.0. The van der Waals surface area contributed by atoms with Gasteiger partial charge in [-0.1, -0.05) is 56.4 Å². The van der Waals surface area contributed by atoms with Gasteiger partial charge in [-0.3, -0.25) is 9.52 Å². The van der Waals surface area contributed by atoms with E-state index >= 15 is 0 Å². The number of hydrogen-bond donors (Lipinski definition) is 2. The molecule has 0 atom stereocenters. The maximum Gasteiger partial charge on any atom is 0.373 e. The van der Waals surface area contributed by atoms with Gasteiger partial charge in [0, 0.05) is 6.42 Å². The van der Waals surface area contributed by atoms with E-state index in [-0.39, 0.29) is 23.2 Å². The molecule has 0 fully saturated rings. The van der Waals surface area contributed by atoms with Crippen LogP contribution in [0.25, 0.3) is 0 Å². The summed E-state index contributed by atoms with van der Waals surface area (Å²) < 4.78 is 38.8. The first-order valence-corrected chi connectivity index (χ1v) is 16.0. The van der Waals surface area contributed by atoms with Crippen LogP contribution in [0, 0.1) is 0 Å². The molecule has 11 heteroatoms. The van der Waals surface area contributed by atoms with E-state index in [0.29, 0.717) is 6.42 Å². The second kappa shape index (κ2) is 16.0. The number of unbranched alkanes of at least 4 members (excludes halogenated alkanes) is 6. The number of nitrogens with one attached hydrogen (secondary N) is 1. The molecule has 2 N–H and O–H groups in total. The number of carbonyl (C=O) groups is 2. The van der Waals surface area contributed by atoms with Crippen LogP contribution in [0.3, 0.4) is 0 Å². The van der Waals surface area contributed by atoms with Crippen LogP contribution in [-0.2, 0) is 32.6 Å². The molecule has 0 bridgehead atoms. The van der Waals surface area contributed by atoms with Gasteiger partial charge in [-0.2, -0.15) is 0 Å². The molecule has 0 saturated heterocycles. The Morgan fingerprint density at radius 3 is 1.95 bits per heavy atom. The number of nitrogens with zero attached hydrogens (tertiary/aromatic N) is 2. The molecule has 43 heavy (non-hydrogen) atoms. The van der Waals surface area contributed by atoms with Crippen molar-refractivity contribution >= 4 is 27.6 Å². The number of rotatable bonds is 17. The molecule has 1 aromatic heterocycles. The molecule has 3 rings (SSSR count). The number of benzene rings is 2. The Labute approximate surface area is 253 Å². The number of aryl methyl sites for hydroxylation is 1. The Kier molecular flexibility index (Phi) is 12.5. The van der Waals surface area contributed by atoms with Gasteiger partial charge in [0.05, 0.1) is 23.0 Å². The van der Waals surface area contributed by atoms with Crippen LogP contribution in [0.5, 0.6) is 5.75 Å². The van der Waals surface area contributed by atoms with Crippen molar-refractivity contribution in [1.82, 2.24) is 9.97 Å². The Bertz CT molecular complexity index is 1420. The monoisotopic (exact) mass is 611 g/mol. The third-order valence-corrected chi connectivity index (χ3v) is 7.82. The maximum atomic E-state index is 12.6. The number of ether oxygens (including phenoxy) is 2. The van der Waals surface area contributed by atoms with Crippen LogP contribution in [0.4, 0.5) is 5.69 Å². The van der Waals surface area contributed by atoms with E-state index in [1.165, 1.54) is 37.0 Å². The quantitative estimate of drug-likeness (QED) is 0.128. The molecular weight excluding hydrogens is 570 g/mol. The van der Waals surface area contributed by atoms with Crippen LogP contribution in [0.2, 0.25) is 0 Å². The van der Waals surface area contributed by atoms with Gasteiger partial charge in [-0.15, -0.1) is 0 Å². The van der Waals surface area contributed by atoms with Crippen molar-refractivity contribution in [2.45, 2.75) is 95.7 Å². The van der Waals surface area contributed by atoms with Crippen LogP contribution in [0.1, 0.15) is 93.9 Å². The molecular formula is C32H41N3O7S. The topological polar surface area (TPSA) is 145 Å². The molecule has 0 aliphatic carbocycles. The highest BCUT2D eigenvalue weighted by Gasteiger charge is 2.16. The summed E-state index contributed by atoms with van der Waals surface area (Å²) in [4.78, 5) is 29.8. The van der Waals surface area contributed by atoms with E-state index in [1.54, 1.807) is 12.1 Å². The number of carboxylic acid groups (broad SMARTS) is 1. The third kappa shape index (κ3) is 12.4. The highest BCUT2D eigenvalue weighted by Crippen LogP contribution is 2.19. The minimum absolute atomic E-state index is 0.0427. The molecule has 0 amide bonds. The molecule has 1 heterocycles. The zero-order valence-corrected chi connectivity index (χ0v) is 25.9. The van der Waals surface area contributed by atoms with E-state index in [0.717, 1.165) is 55.8 Å². The number of aromatic carboxylic acids is 1. The van der Waals surface area contributed by atoms with Gasteiger partial charge in [-0.05, 0) is 75.4 Å². The SMILES string of the molecule is CC(C)(C)OC(=O)CCCCCCCCCc1ccc(OCc2ccc(S(=O)(=O)Nc3cnc(C(=O)O)nc3)cc2)cc1. The number of carbonyl (C=O) groups excluding carboxylic acids is 1. The normalized spacial score (nSPS) is 11.6. The average molecular weight is 612 g/mol. The Morgan fingerprint density at radius 1 is 0.814 bits per heavy atom. The summed E-state index contributed by atoms with van der Waals surface area (Å²) in [5.74, 6) is -1.10. The summed E-state index contributed by atoms with van der Waals surface area (Å²) in [6, 6.07) is 14.3. The largest absolute Gasteiger partial charge is 0.489 e. The lowest BCUT2D eigenvalue weighted by molar-refractivity contribution is -0.154.